The maximum atomic E-state index is 5.96. The molecule has 1 aliphatic heterocycles. The molecule has 2 unspecified atom stereocenters. The molecule has 2 N–H and O–H groups in total. The molecule has 0 radical (unpaired) electrons. The van der Waals surface area contributed by atoms with Gasteiger partial charge in [-0.05, 0) is 37.8 Å². The van der Waals surface area contributed by atoms with Crippen LogP contribution in [0.4, 0.5) is 0 Å². The second-order valence-electron chi connectivity index (χ2n) is 5.45. The van der Waals surface area contributed by atoms with Crippen molar-refractivity contribution in [3.8, 4) is 0 Å². The molecule has 0 aromatic carbocycles. The first-order chi connectivity index (χ1) is 8.59. The molecule has 2 atom stereocenters. The number of ether oxygens (including phenoxy) is 1. The van der Waals surface area contributed by atoms with Gasteiger partial charge < -0.3 is 19.3 Å². The van der Waals surface area contributed by atoms with E-state index >= 15 is 0 Å². The van der Waals surface area contributed by atoms with E-state index in [4.69, 9.17) is 19.3 Å². The minimum atomic E-state index is -2.27. The van der Waals surface area contributed by atoms with Gasteiger partial charge in [0.05, 0.1) is 0 Å². The number of rotatable bonds is 7. The van der Waals surface area contributed by atoms with Gasteiger partial charge in [-0.2, -0.15) is 0 Å². The molecule has 5 heteroatoms. The summed E-state index contributed by atoms with van der Waals surface area (Å²) in [7, 11) is 3.10. The van der Waals surface area contributed by atoms with E-state index in [2.05, 4.69) is 6.92 Å². The van der Waals surface area contributed by atoms with E-state index in [1.54, 1.807) is 21.3 Å². The lowest BCUT2D eigenvalue weighted by Gasteiger charge is -2.49. The minimum Gasteiger partial charge on any atom is -0.396 e. The monoisotopic (exact) mass is 275 g/mol. The minimum absolute atomic E-state index is 0.205. The molecule has 1 aliphatic rings. The SMILES string of the molecule is COC1(CC(C)CCN)CCCC[Si]1(OC)OC. The molecule has 0 aromatic rings. The first-order valence-corrected chi connectivity index (χ1v) is 8.97. The summed E-state index contributed by atoms with van der Waals surface area (Å²) in [6, 6.07) is 1.03. The van der Waals surface area contributed by atoms with Gasteiger partial charge in [0.15, 0.2) is 0 Å². The zero-order valence-electron chi connectivity index (χ0n) is 12.3. The van der Waals surface area contributed by atoms with Crippen molar-refractivity contribution < 1.29 is 13.6 Å². The highest BCUT2D eigenvalue weighted by molar-refractivity contribution is 6.70. The Morgan fingerprint density at radius 1 is 1.22 bits per heavy atom. The lowest BCUT2D eigenvalue weighted by molar-refractivity contribution is -0.0239. The van der Waals surface area contributed by atoms with Crippen molar-refractivity contribution in [3.63, 3.8) is 0 Å². The van der Waals surface area contributed by atoms with Crippen molar-refractivity contribution >= 4 is 8.56 Å². The third-order valence-corrected chi connectivity index (χ3v) is 8.80. The highest BCUT2D eigenvalue weighted by atomic mass is 28.4. The normalized spacial score (nSPS) is 29.2. The molecular weight excluding hydrogens is 246 g/mol. The third kappa shape index (κ3) is 2.96. The fraction of sp³-hybridized carbons (Fsp3) is 1.00. The van der Waals surface area contributed by atoms with Crippen molar-refractivity contribution in [1.82, 2.24) is 0 Å². The Labute approximate surface area is 112 Å². The van der Waals surface area contributed by atoms with E-state index in [1.807, 2.05) is 0 Å². The van der Waals surface area contributed by atoms with Crippen molar-refractivity contribution in [3.05, 3.63) is 0 Å². The van der Waals surface area contributed by atoms with Gasteiger partial charge in [-0.25, -0.2) is 0 Å². The van der Waals surface area contributed by atoms with Gasteiger partial charge in [0.1, 0.15) is 5.22 Å². The highest BCUT2D eigenvalue weighted by Crippen LogP contribution is 2.43. The first kappa shape index (κ1) is 16.1. The highest BCUT2D eigenvalue weighted by Gasteiger charge is 2.59. The number of hydrogen-bond donors (Lipinski definition) is 1. The first-order valence-electron chi connectivity index (χ1n) is 6.95. The molecule has 0 aliphatic carbocycles. The summed E-state index contributed by atoms with van der Waals surface area (Å²) < 4.78 is 17.7. The Morgan fingerprint density at radius 2 is 1.89 bits per heavy atom. The van der Waals surface area contributed by atoms with Crippen LogP contribution in [0.15, 0.2) is 0 Å². The van der Waals surface area contributed by atoms with Crippen LogP contribution in [0.25, 0.3) is 0 Å². The molecule has 0 spiro atoms. The topological polar surface area (TPSA) is 53.7 Å². The van der Waals surface area contributed by atoms with Gasteiger partial charge in [-0.3, -0.25) is 0 Å². The summed E-state index contributed by atoms with van der Waals surface area (Å²) in [5, 5.41) is -0.205. The van der Waals surface area contributed by atoms with E-state index in [0.717, 1.165) is 31.9 Å². The van der Waals surface area contributed by atoms with Gasteiger partial charge in [0.25, 0.3) is 0 Å². The van der Waals surface area contributed by atoms with Crippen LogP contribution >= 0.6 is 0 Å². The maximum Gasteiger partial charge on any atom is 0.370 e. The van der Waals surface area contributed by atoms with Crippen molar-refractivity contribution in [2.24, 2.45) is 11.7 Å². The van der Waals surface area contributed by atoms with E-state index < -0.39 is 8.56 Å². The Balaban J connectivity index is 2.92. The predicted octanol–water partition coefficient (Wildman–Crippen LogP) is 2.20. The second kappa shape index (κ2) is 7.00. The van der Waals surface area contributed by atoms with Gasteiger partial charge >= 0.3 is 8.56 Å². The summed E-state index contributed by atoms with van der Waals surface area (Å²) in [6.07, 6.45) is 5.46. The molecule has 1 fully saturated rings. The molecular formula is C13H29NO3Si. The zero-order valence-corrected chi connectivity index (χ0v) is 13.3. The van der Waals surface area contributed by atoms with Crippen LogP contribution in [0.3, 0.4) is 0 Å². The van der Waals surface area contributed by atoms with Gasteiger partial charge in [-0.1, -0.05) is 19.8 Å². The molecule has 108 valence electrons. The van der Waals surface area contributed by atoms with Gasteiger partial charge in [0, 0.05) is 21.3 Å². The quantitative estimate of drug-likeness (QED) is 0.724. The summed E-state index contributed by atoms with van der Waals surface area (Å²) in [6.45, 7) is 2.97. The number of hydrogen-bond acceptors (Lipinski definition) is 4. The average molecular weight is 275 g/mol. The summed E-state index contributed by atoms with van der Waals surface area (Å²) in [4.78, 5) is 0. The fourth-order valence-electron chi connectivity index (χ4n) is 3.39. The molecule has 1 rings (SSSR count). The van der Waals surface area contributed by atoms with Crippen LogP contribution in [0.2, 0.25) is 6.04 Å². The second-order valence-corrected chi connectivity index (χ2v) is 9.19. The van der Waals surface area contributed by atoms with E-state index in [0.29, 0.717) is 5.92 Å². The molecule has 1 saturated heterocycles. The Morgan fingerprint density at radius 3 is 2.39 bits per heavy atom. The number of nitrogens with two attached hydrogens (primary N) is 1. The van der Waals surface area contributed by atoms with Crippen LogP contribution in [-0.2, 0) is 13.6 Å². The Hall–Kier alpha value is 0.0569. The van der Waals surface area contributed by atoms with Gasteiger partial charge in [-0.15, -0.1) is 0 Å². The molecule has 0 saturated carbocycles. The van der Waals surface area contributed by atoms with Crippen molar-refractivity contribution in [2.45, 2.75) is 50.3 Å². The summed E-state index contributed by atoms with van der Waals surface area (Å²) in [5.41, 5.74) is 5.66. The van der Waals surface area contributed by atoms with Crippen LogP contribution < -0.4 is 5.73 Å². The molecule has 18 heavy (non-hydrogen) atoms. The standard InChI is InChI=1S/C13H29NO3Si/c1-12(7-9-14)11-13(15-2)8-5-6-10-18(13,16-3)17-4/h12H,5-11,14H2,1-4H3. The summed E-state index contributed by atoms with van der Waals surface area (Å²) in [5.74, 6) is 0.547. The van der Waals surface area contributed by atoms with Crippen LogP contribution in [0.5, 0.6) is 0 Å². The maximum absolute atomic E-state index is 5.96. The number of methoxy groups -OCH3 is 1. The van der Waals surface area contributed by atoms with Crippen LogP contribution in [0, 0.1) is 5.92 Å². The van der Waals surface area contributed by atoms with E-state index in [1.165, 1.54) is 12.8 Å². The largest absolute Gasteiger partial charge is 0.396 e. The molecule has 4 nitrogen and oxygen atoms in total. The zero-order chi connectivity index (χ0) is 13.6. The lowest BCUT2D eigenvalue weighted by Crippen LogP contribution is -2.65. The van der Waals surface area contributed by atoms with Crippen molar-refractivity contribution in [1.29, 1.82) is 0 Å². The third-order valence-electron chi connectivity index (χ3n) is 4.42. The lowest BCUT2D eigenvalue weighted by atomic mass is 9.96. The van der Waals surface area contributed by atoms with Crippen LogP contribution in [0.1, 0.15) is 39.0 Å². The van der Waals surface area contributed by atoms with Crippen LogP contribution in [-0.4, -0.2) is 41.7 Å². The van der Waals surface area contributed by atoms with E-state index in [-0.39, 0.29) is 5.22 Å². The molecule has 1 heterocycles. The molecule has 0 amide bonds. The smallest absolute Gasteiger partial charge is 0.370 e. The van der Waals surface area contributed by atoms with Crippen molar-refractivity contribution in [2.75, 3.05) is 27.9 Å². The fourth-order valence-corrected chi connectivity index (χ4v) is 7.41. The molecule has 0 aromatic heterocycles. The van der Waals surface area contributed by atoms with Gasteiger partial charge in [0.2, 0.25) is 0 Å². The Kier molecular flexibility index (Phi) is 6.27. The predicted molar refractivity (Wildman–Crippen MR) is 75.6 cm³/mol. The Bertz CT molecular complexity index is 248. The molecule has 0 bridgehead atoms. The summed E-state index contributed by atoms with van der Waals surface area (Å²) >= 11 is 0. The average Bonchev–Trinajstić information content (AvgIpc) is 2.39. The van der Waals surface area contributed by atoms with E-state index in [9.17, 15) is 0 Å².